The lowest BCUT2D eigenvalue weighted by Crippen LogP contribution is -2.40. The minimum absolute atomic E-state index is 0.222. The van der Waals surface area contributed by atoms with Gasteiger partial charge in [0.15, 0.2) is 5.82 Å². The highest BCUT2D eigenvalue weighted by atomic mass is 16.5. The highest BCUT2D eigenvalue weighted by Gasteiger charge is 2.31. The van der Waals surface area contributed by atoms with E-state index >= 15 is 0 Å². The average molecular weight is 344 g/mol. The quantitative estimate of drug-likeness (QED) is 0.857. The zero-order valence-corrected chi connectivity index (χ0v) is 13.9. The fraction of sp³-hybridized carbons (Fsp3) is 0.412. The van der Waals surface area contributed by atoms with Gasteiger partial charge in [0.2, 0.25) is 5.89 Å². The standard InChI is InChI=1S/C17H20N4O4/c1-11(18-17(24)21-8-7-13(10-21)16(22)23)15-19-14(25-20-15)9-12-5-3-2-4-6-12/h2-6,11,13H,7-10H2,1H3,(H,18,24)(H,22,23). The Morgan fingerprint density at radius 3 is 2.84 bits per heavy atom. The Kier molecular flexibility index (Phi) is 4.97. The molecule has 2 unspecified atom stereocenters. The van der Waals surface area contributed by atoms with E-state index in [0.29, 0.717) is 31.1 Å². The van der Waals surface area contributed by atoms with Crippen molar-refractivity contribution in [3.05, 3.63) is 47.6 Å². The van der Waals surface area contributed by atoms with Gasteiger partial charge in [-0.1, -0.05) is 35.5 Å². The molecule has 0 radical (unpaired) electrons. The van der Waals surface area contributed by atoms with Gasteiger partial charge >= 0.3 is 12.0 Å². The number of aromatic nitrogens is 2. The topological polar surface area (TPSA) is 109 Å². The third kappa shape index (κ3) is 4.14. The predicted molar refractivity (Wildman–Crippen MR) is 87.8 cm³/mol. The number of hydrogen-bond donors (Lipinski definition) is 2. The van der Waals surface area contributed by atoms with Crippen molar-refractivity contribution in [1.29, 1.82) is 0 Å². The summed E-state index contributed by atoms with van der Waals surface area (Å²) >= 11 is 0. The number of carboxylic acids is 1. The first-order valence-electron chi connectivity index (χ1n) is 8.17. The molecule has 1 fully saturated rings. The second-order valence-electron chi connectivity index (χ2n) is 6.15. The molecule has 25 heavy (non-hydrogen) atoms. The summed E-state index contributed by atoms with van der Waals surface area (Å²) in [7, 11) is 0. The Hall–Kier alpha value is -2.90. The Labute approximate surface area is 144 Å². The third-order valence-electron chi connectivity index (χ3n) is 4.23. The highest BCUT2D eigenvalue weighted by molar-refractivity contribution is 5.77. The van der Waals surface area contributed by atoms with Crippen LogP contribution in [-0.2, 0) is 11.2 Å². The molecule has 8 heteroatoms. The van der Waals surface area contributed by atoms with Crippen molar-refractivity contribution in [3.63, 3.8) is 0 Å². The molecule has 1 aliphatic heterocycles. The van der Waals surface area contributed by atoms with Crippen molar-refractivity contribution < 1.29 is 19.2 Å². The number of nitrogens with one attached hydrogen (secondary N) is 1. The molecule has 2 atom stereocenters. The van der Waals surface area contributed by atoms with Gasteiger partial charge in [-0.2, -0.15) is 4.98 Å². The number of likely N-dealkylation sites (tertiary alicyclic amines) is 1. The second-order valence-corrected chi connectivity index (χ2v) is 6.15. The molecule has 2 aromatic rings. The maximum absolute atomic E-state index is 12.2. The molecule has 1 aromatic heterocycles. The molecule has 0 spiro atoms. The van der Waals surface area contributed by atoms with Gasteiger partial charge in [-0.25, -0.2) is 4.79 Å². The van der Waals surface area contributed by atoms with Crippen LogP contribution in [0.5, 0.6) is 0 Å². The predicted octanol–water partition coefficient (Wildman–Crippen LogP) is 1.84. The number of carbonyl (C=O) groups excluding carboxylic acids is 1. The molecular weight excluding hydrogens is 324 g/mol. The molecule has 1 aromatic carbocycles. The van der Waals surface area contributed by atoms with Crippen LogP contribution >= 0.6 is 0 Å². The second kappa shape index (κ2) is 7.33. The maximum Gasteiger partial charge on any atom is 0.318 e. The molecule has 3 rings (SSSR count). The van der Waals surface area contributed by atoms with E-state index < -0.39 is 17.9 Å². The molecule has 0 bridgehead atoms. The van der Waals surface area contributed by atoms with E-state index in [2.05, 4.69) is 15.5 Å². The van der Waals surface area contributed by atoms with E-state index in [1.807, 2.05) is 30.3 Å². The molecule has 8 nitrogen and oxygen atoms in total. The zero-order valence-electron chi connectivity index (χ0n) is 13.9. The SMILES string of the molecule is CC(NC(=O)N1CCC(C(=O)O)C1)c1noc(Cc2ccccc2)n1. The van der Waals surface area contributed by atoms with Crippen molar-refractivity contribution in [2.45, 2.75) is 25.8 Å². The Morgan fingerprint density at radius 2 is 2.16 bits per heavy atom. The van der Waals surface area contributed by atoms with Gasteiger partial charge in [0, 0.05) is 13.1 Å². The van der Waals surface area contributed by atoms with Crippen LogP contribution in [-0.4, -0.2) is 45.2 Å². The molecule has 1 aliphatic rings. The molecule has 0 saturated carbocycles. The summed E-state index contributed by atoms with van der Waals surface area (Å²) in [4.78, 5) is 29.0. The van der Waals surface area contributed by atoms with Crippen LogP contribution in [0.1, 0.15) is 36.7 Å². The Bertz CT molecular complexity index is 746. The molecule has 2 N–H and O–H groups in total. The average Bonchev–Trinajstić information content (AvgIpc) is 3.25. The van der Waals surface area contributed by atoms with Crippen molar-refractivity contribution in [2.75, 3.05) is 13.1 Å². The number of amides is 2. The normalized spacial score (nSPS) is 18.1. The number of hydrogen-bond acceptors (Lipinski definition) is 5. The first-order chi connectivity index (χ1) is 12.0. The van der Waals surface area contributed by atoms with Crippen LogP contribution in [0.25, 0.3) is 0 Å². The summed E-state index contributed by atoms with van der Waals surface area (Å²) in [6, 6.07) is 9.03. The van der Waals surface area contributed by atoms with Crippen LogP contribution in [0.4, 0.5) is 4.79 Å². The van der Waals surface area contributed by atoms with E-state index in [0.717, 1.165) is 5.56 Å². The van der Waals surface area contributed by atoms with Crippen molar-refractivity contribution in [1.82, 2.24) is 20.4 Å². The zero-order chi connectivity index (χ0) is 17.8. The smallest absolute Gasteiger partial charge is 0.318 e. The minimum atomic E-state index is -0.868. The van der Waals surface area contributed by atoms with Gasteiger partial charge in [-0.05, 0) is 18.9 Å². The Morgan fingerprint density at radius 1 is 1.40 bits per heavy atom. The third-order valence-corrected chi connectivity index (χ3v) is 4.23. The summed E-state index contributed by atoms with van der Waals surface area (Å²) in [5.74, 6) is -0.488. The first-order valence-corrected chi connectivity index (χ1v) is 8.17. The summed E-state index contributed by atoms with van der Waals surface area (Å²) in [6.45, 7) is 2.42. The number of carbonyl (C=O) groups is 2. The maximum atomic E-state index is 12.2. The number of urea groups is 1. The summed E-state index contributed by atoms with van der Waals surface area (Å²) in [6.07, 6.45) is 1.00. The van der Waals surface area contributed by atoms with Crippen molar-refractivity contribution in [3.8, 4) is 0 Å². The van der Waals surface area contributed by atoms with Crippen LogP contribution in [0.3, 0.4) is 0 Å². The lowest BCUT2D eigenvalue weighted by molar-refractivity contribution is -0.141. The van der Waals surface area contributed by atoms with Crippen molar-refractivity contribution >= 4 is 12.0 Å². The lowest BCUT2D eigenvalue weighted by Gasteiger charge is -2.19. The monoisotopic (exact) mass is 344 g/mol. The molecule has 132 valence electrons. The number of nitrogens with zero attached hydrogens (tertiary/aromatic N) is 3. The van der Waals surface area contributed by atoms with Gasteiger partial charge < -0.3 is 19.8 Å². The van der Waals surface area contributed by atoms with Crippen molar-refractivity contribution in [2.24, 2.45) is 5.92 Å². The summed E-state index contributed by atoms with van der Waals surface area (Å²) in [5, 5.41) is 15.7. The van der Waals surface area contributed by atoms with Crippen LogP contribution in [0.2, 0.25) is 0 Å². The van der Waals surface area contributed by atoms with Crippen LogP contribution < -0.4 is 5.32 Å². The fourth-order valence-corrected chi connectivity index (χ4v) is 2.77. The number of rotatable bonds is 5. The van der Waals surface area contributed by atoms with E-state index in [4.69, 9.17) is 9.63 Å². The van der Waals surface area contributed by atoms with E-state index in [1.165, 1.54) is 4.90 Å². The van der Waals surface area contributed by atoms with Gasteiger partial charge in [0.1, 0.15) is 0 Å². The number of aliphatic carboxylic acids is 1. The van der Waals surface area contributed by atoms with Crippen LogP contribution in [0, 0.1) is 5.92 Å². The fourth-order valence-electron chi connectivity index (χ4n) is 2.77. The van der Waals surface area contributed by atoms with Gasteiger partial charge in [0.05, 0.1) is 18.4 Å². The van der Waals surface area contributed by atoms with Crippen LogP contribution in [0.15, 0.2) is 34.9 Å². The molecule has 2 amide bonds. The largest absolute Gasteiger partial charge is 0.481 e. The number of benzene rings is 1. The first kappa shape index (κ1) is 16.9. The summed E-state index contributed by atoms with van der Waals surface area (Å²) < 4.78 is 5.24. The van der Waals surface area contributed by atoms with Gasteiger partial charge in [0.25, 0.3) is 0 Å². The highest BCUT2D eigenvalue weighted by Crippen LogP contribution is 2.18. The summed E-state index contributed by atoms with van der Waals surface area (Å²) in [5.41, 5.74) is 1.06. The van der Waals surface area contributed by atoms with E-state index in [1.54, 1.807) is 6.92 Å². The van der Waals surface area contributed by atoms with Gasteiger partial charge in [-0.3, -0.25) is 4.79 Å². The van der Waals surface area contributed by atoms with E-state index in [-0.39, 0.29) is 12.6 Å². The molecular formula is C17H20N4O4. The molecule has 1 saturated heterocycles. The lowest BCUT2D eigenvalue weighted by atomic mass is 10.1. The van der Waals surface area contributed by atoms with Gasteiger partial charge in [-0.15, -0.1) is 0 Å². The Balaban J connectivity index is 1.56. The molecule has 0 aliphatic carbocycles. The van der Waals surface area contributed by atoms with E-state index in [9.17, 15) is 9.59 Å². The molecule has 2 heterocycles. The minimum Gasteiger partial charge on any atom is -0.481 e. The number of carboxylic acid groups (broad SMARTS) is 1.